The van der Waals surface area contributed by atoms with Gasteiger partial charge in [-0.1, -0.05) is 25.4 Å². The first kappa shape index (κ1) is 15.7. The Morgan fingerprint density at radius 3 is 2.76 bits per heavy atom. The van der Waals surface area contributed by atoms with Gasteiger partial charge in [0.05, 0.1) is 10.6 Å². The Balaban J connectivity index is 2.01. The molecule has 1 aliphatic carbocycles. The lowest BCUT2D eigenvalue weighted by atomic mass is 10.1. The van der Waals surface area contributed by atoms with Gasteiger partial charge in [-0.15, -0.1) is 0 Å². The molecule has 1 aliphatic rings. The van der Waals surface area contributed by atoms with E-state index in [2.05, 4.69) is 19.2 Å². The number of nitrogens with one attached hydrogen (secondary N) is 1. The highest BCUT2D eigenvalue weighted by Crippen LogP contribution is 2.28. The first-order valence-electron chi connectivity index (χ1n) is 7.28. The smallest absolute Gasteiger partial charge is 0.322 e. The van der Waals surface area contributed by atoms with Crippen LogP contribution < -0.4 is 5.32 Å². The van der Waals surface area contributed by atoms with Gasteiger partial charge in [0.25, 0.3) is 0 Å². The lowest BCUT2D eigenvalue weighted by Crippen LogP contribution is -2.37. The summed E-state index contributed by atoms with van der Waals surface area (Å²) in [6.45, 7) is 5.09. The van der Waals surface area contributed by atoms with Crippen molar-refractivity contribution in [3.8, 4) is 6.07 Å². The molecule has 1 saturated carbocycles. The average molecular weight is 306 g/mol. The van der Waals surface area contributed by atoms with Gasteiger partial charge < -0.3 is 10.2 Å². The van der Waals surface area contributed by atoms with E-state index in [1.165, 1.54) is 0 Å². The third-order valence-electron chi connectivity index (χ3n) is 3.54. The maximum absolute atomic E-state index is 12.4. The van der Waals surface area contributed by atoms with Crippen molar-refractivity contribution in [3.63, 3.8) is 0 Å². The van der Waals surface area contributed by atoms with Crippen LogP contribution in [0.5, 0.6) is 0 Å². The molecule has 0 aliphatic heterocycles. The van der Waals surface area contributed by atoms with Crippen molar-refractivity contribution in [2.75, 3.05) is 11.9 Å². The molecule has 0 heterocycles. The van der Waals surface area contributed by atoms with E-state index in [9.17, 15) is 4.79 Å². The van der Waals surface area contributed by atoms with Gasteiger partial charge in [-0.25, -0.2) is 4.79 Å². The molecule has 0 bridgehead atoms. The molecule has 0 saturated heterocycles. The van der Waals surface area contributed by atoms with E-state index in [0.29, 0.717) is 28.2 Å². The molecule has 4 nitrogen and oxygen atoms in total. The SMILES string of the molecule is CC(C)CCN(C(=O)Nc1ccc(C#N)c(Cl)c1)C1CC1. The van der Waals surface area contributed by atoms with Gasteiger partial charge in [0, 0.05) is 18.3 Å². The number of hydrogen-bond acceptors (Lipinski definition) is 2. The molecule has 1 fully saturated rings. The molecule has 0 aromatic heterocycles. The van der Waals surface area contributed by atoms with Crippen LogP contribution in [0.25, 0.3) is 0 Å². The number of carbonyl (C=O) groups excluding carboxylic acids is 1. The quantitative estimate of drug-likeness (QED) is 0.884. The fraction of sp³-hybridized carbons (Fsp3) is 0.500. The van der Waals surface area contributed by atoms with Gasteiger partial charge in [0.2, 0.25) is 0 Å². The van der Waals surface area contributed by atoms with E-state index in [4.69, 9.17) is 16.9 Å². The summed E-state index contributed by atoms with van der Waals surface area (Å²) in [6, 6.07) is 7.23. The van der Waals surface area contributed by atoms with Crippen LogP contribution in [0.3, 0.4) is 0 Å². The van der Waals surface area contributed by atoms with Crippen molar-refractivity contribution in [3.05, 3.63) is 28.8 Å². The minimum absolute atomic E-state index is 0.0843. The molecule has 0 spiro atoms. The number of urea groups is 1. The van der Waals surface area contributed by atoms with Crippen LogP contribution in [0.15, 0.2) is 18.2 Å². The summed E-state index contributed by atoms with van der Waals surface area (Å²) < 4.78 is 0. The molecule has 112 valence electrons. The molecular weight excluding hydrogens is 286 g/mol. The topological polar surface area (TPSA) is 56.1 Å². The number of carbonyl (C=O) groups is 1. The summed E-state index contributed by atoms with van der Waals surface area (Å²) in [7, 11) is 0. The highest BCUT2D eigenvalue weighted by molar-refractivity contribution is 6.32. The van der Waals surface area contributed by atoms with E-state index in [-0.39, 0.29) is 6.03 Å². The van der Waals surface area contributed by atoms with Gasteiger partial charge in [-0.3, -0.25) is 0 Å². The summed E-state index contributed by atoms with van der Waals surface area (Å²) in [4.78, 5) is 14.3. The average Bonchev–Trinajstić information content (AvgIpc) is 3.23. The van der Waals surface area contributed by atoms with Gasteiger partial charge in [-0.2, -0.15) is 5.26 Å². The minimum Gasteiger partial charge on any atom is -0.322 e. The second kappa shape index (κ2) is 6.82. The Kier molecular flexibility index (Phi) is 5.08. The third-order valence-corrected chi connectivity index (χ3v) is 3.85. The molecular formula is C16H20ClN3O. The number of rotatable bonds is 5. The molecule has 2 amide bonds. The van der Waals surface area contributed by atoms with Crippen molar-refractivity contribution in [2.45, 2.75) is 39.2 Å². The van der Waals surface area contributed by atoms with Crippen LogP contribution in [0, 0.1) is 17.2 Å². The molecule has 2 rings (SSSR count). The fourth-order valence-corrected chi connectivity index (χ4v) is 2.34. The first-order chi connectivity index (χ1) is 10.0. The van der Waals surface area contributed by atoms with E-state index in [0.717, 1.165) is 25.8 Å². The third kappa shape index (κ3) is 4.37. The predicted octanol–water partition coefficient (Wildman–Crippen LogP) is 4.25. The molecule has 1 aromatic rings. The summed E-state index contributed by atoms with van der Waals surface area (Å²) >= 11 is 5.98. The monoisotopic (exact) mass is 305 g/mol. The van der Waals surface area contributed by atoms with Crippen molar-refractivity contribution in [1.29, 1.82) is 5.26 Å². The maximum Gasteiger partial charge on any atom is 0.322 e. The van der Waals surface area contributed by atoms with Gasteiger partial charge in [0.15, 0.2) is 0 Å². The Morgan fingerprint density at radius 2 is 2.24 bits per heavy atom. The maximum atomic E-state index is 12.4. The van der Waals surface area contributed by atoms with E-state index < -0.39 is 0 Å². The minimum atomic E-state index is -0.0843. The summed E-state index contributed by atoms with van der Waals surface area (Å²) in [5, 5.41) is 12.1. The zero-order valence-electron chi connectivity index (χ0n) is 12.4. The fourth-order valence-electron chi connectivity index (χ4n) is 2.11. The molecule has 1 aromatic carbocycles. The zero-order chi connectivity index (χ0) is 15.4. The van der Waals surface area contributed by atoms with E-state index in [1.807, 2.05) is 11.0 Å². The highest BCUT2D eigenvalue weighted by Gasteiger charge is 2.32. The number of hydrogen-bond donors (Lipinski definition) is 1. The molecule has 5 heteroatoms. The largest absolute Gasteiger partial charge is 0.322 e. The van der Waals surface area contributed by atoms with Crippen LogP contribution in [0.2, 0.25) is 5.02 Å². The van der Waals surface area contributed by atoms with Crippen molar-refractivity contribution >= 4 is 23.3 Å². The summed E-state index contributed by atoms with van der Waals surface area (Å²) in [5.74, 6) is 0.573. The number of benzene rings is 1. The predicted molar refractivity (Wildman–Crippen MR) is 84.4 cm³/mol. The van der Waals surface area contributed by atoms with Crippen LogP contribution in [0.4, 0.5) is 10.5 Å². The first-order valence-corrected chi connectivity index (χ1v) is 7.66. The number of amides is 2. The number of nitriles is 1. The highest BCUT2D eigenvalue weighted by atomic mass is 35.5. The molecule has 0 radical (unpaired) electrons. The molecule has 0 atom stereocenters. The zero-order valence-corrected chi connectivity index (χ0v) is 13.2. The van der Waals surface area contributed by atoms with Crippen LogP contribution in [-0.2, 0) is 0 Å². The van der Waals surface area contributed by atoms with Crippen molar-refractivity contribution in [2.24, 2.45) is 5.92 Å². The number of halogens is 1. The number of nitrogens with zero attached hydrogens (tertiary/aromatic N) is 2. The Labute approximate surface area is 130 Å². The van der Waals surface area contributed by atoms with Crippen molar-refractivity contribution in [1.82, 2.24) is 4.90 Å². The second-order valence-corrected chi connectivity index (χ2v) is 6.25. The molecule has 1 N–H and O–H groups in total. The van der Waals surface area contributed by atoms with Crippen LogP contribution in [0.1, 0.15) is 38.7 Å². The van der Waals surface area contributed by atoms with Gasteiger partial charge >= 0.3 is 6.03 Å². The van der Waals surface area contributed by atoms with Crippen molar-refractivity contribution < 1.29 is 4.79 Å². The van der Waals surface area contributed by atoms with Crippen LogP contribution >= 0.6 is 11.6 Å². The second-order valence-electron chi connectivity index (χ2n) is 5.84. The van der Waals surface area contributed by atoms with Crippen LogP contribution in [-0.4, -0.2) is 23.5 Å². The van der Waals surface area contributed by atoms with E-state index in [1.54, 1.807) is 18.2 Å². The number of anilines is 1. The lowest BCUT2D eigenvalue weighted by Gasteiger charge is -2.23. The Hall–Kier alpha value is -1.73. The Morgan fingerprint density at radius 1 is 1.52 bits per heavy atom. The standard InChI is InChI=1S/C16H20ClN3O/c1-11(2)7-8-20(14-5-6-14)16(21)19-13-4-3-12(10-18)15(17)9-13/h3-4,9,11,14H,5-8H2,1-2H3,(H,19,21). The Bertz CT molecular complexity index is 561. The van der Waals surface area contributed by atoms with Gasteiger partial charge in [0.1, 0.15) is 6.07 Å². The van der Waals surface area contributed by atoms with E-state index >= 15 is 0 Å². The molecule has 0 unspecified atom stereocenters. The van der Waals surface area contributed by atoms with Gasteiger partial charge in [-0.05, 0) is 43.4 Å². The molecule has 21 heavy (non-hydrogen) atoms. The lowest BCUT2D eigenvalue weighted by molar-refractivity contribution is 0.205. The summed E-state index contributed by atoms with van der Waals surface area (Å²) in [6.07, 6.45) is 3.16. The summed E-state index contributed by atoms with van der Waals surface area (Å²) in [5.41, 5.74) is 1.03. The normalized spacial score (nSPS) is 13.9.